The summed E-state index contributed by atoms with van der Waals surface area (Å²) in [4.78, 5) is 18.6. The van der Waals surface area contributed by atoms with E-state index >= 15 is 0 Å². The van der Waals surface area contributed by atoms with Gasteiger partial charge in [0, 0.05) is 24.8 Å². The number of halogens is 1. The minimum Gasteiger partial charge on any atom is -0.447 e. The summed E-state index contributed by atoms with van der Waals surface area (Å²) in [7, 11) is 2.08. The monoisotopic (exact) mass is 386 g/mol. The van der Waals surface area contributed by atoms with E-state index in [4.69, 9.17) is 21.8 Å². The van der Waals surface area contributed by atoms with Crippen LogP contribution in [0, 0.1) is 0 Å². The van der Waals surface area contributed by atoms with Crippen LogP contribution in [0.3, 0.4) is 0 Å². The molecule has 1 aromatic carbocycles. The number of carbonyl (C=O) groups excluding carboxylic acids is 1. The van der Waals surface area contributed by atoms with Crippen molar-refractivity contribution < 1.29 is 9.21 Å². The van der Waals surface area contributed by atoms with Gasteiger partial charge in [0.05, 0.1) is 29.5 Å². The maximum absolute atomic E-state index is 12.4. The molecule has 4 rings (SSSR count). The number of amides is 1. The number of hydrogen-bond acceptors (Lipinski definition) is 6. The Bertz CT molecular complexity index is 976. The number of rotatable bonds is 5. The highest BCUT2D eigenvalue weighted by atomic mass is 35.5. The zero-order valence-electron chi connectivity index (χ0n) is 14.7. The van der Waals surface area contributed by atoms with E-state index in [0.29, 0.717) is 22.6 Å². The van der Waals surface area contributed by atoms with Crippen LogP contribution in [0.2, 0.25) is 5.02 Å². The van der Waals surface area contributed by atoms with Crippen molar-refractivity contribution >= 4 is 23.2 Å². The van der Waals surface area contributed by atoms with Crippen LogP contribution in [-0.2, 0) is 6.54 Å². The van der Waals surface area contributed by atoms with Crippen LogP contribution in [0.5, 0.6) is 0 Å². The predicted molar refractivity (Wildman–Crippen MR) is 102 cm³/mol. The molecule has 8 nitrogen and oxygen atoms in total. The Balaban J connectivity index is 1.53. The fourth-order valence-corrected chi connectivity index (χ4v) is 3.18. The molecule has 0 atom stereocenters. The van der Waals surface area contributed by atoms with Crippen molar-refractivity contribution in [3.8, 4) is 11.1 Å². The van der Waals surface area contributed by atoms with Crippen LogP contribution < -0.4 is 11.1 Å². The normalized spacial score (nSPS) is 14.9. The van der Waals surface area contributed by atoms with Gasteiger partial charge in [-0.1, -0.05) is 17.7 Å². The lowest BCUT2D eigenvalue weighted by Crippen LogP contribution is -2.45. The number of benzene rings is 1. The molecule has 0 spiro atoms. The van der Waals surface area contributed by atoms with Gasteiger partial charge in [0.25, 0.3) is 5.91 Å². The number of carbonyl (C=O) groups is 1. The van der Waals surface area contributed by atoms with E-state index in [9.17, 15) is 4.79 Å². The number of nitrogens with one attached hydrogen (secondary N) is 1. The molecule has 9 heteroatoms. The average molecular weight is 387 g/mol. The van der Waals surface area contributed by atoms with E-state index in [-0.39, 0.29) is 12.2 Å². The lowest BCUT2D eigenvalue weighted by atomic mass is 10.1. The molecular weight excluding hydrogens is 368 g/mol. The smallest absolute Gasteiger partial charge is 0.277 e. The van der Waals surface area contributed by atoms with E-state index < -0.39 is 5.91 Å². The minimum atomic E-state index is -0.411. The molecule has 3 N–H and O–H groups in total. The van der Waals surface area contributed by atoms with Gasteiger partial charge < -0.3 is 20.4 Å². The van der Waals surface area contributed by atoms with Crippen molar-refractivity contribution in [2.24, 2.45) is 5.73 Å². The molecule has 3 heterocycles. The first kappa shape index (κ1) is 17.7. The molecule has 3 aromatic rings. The summed E-state index contributed by atoms with van der Waals surface area (Å²) in [6.07, 6.45) is 5.10. The lowest BCUT2D eigenvalue weighted by Gasteiger charge is -2.36. The lowest BCUT2D eigenvalue weighted by molar-refractivity contribution is 0.102. The Morgan fingerprint density at radius 1 is 1.41 bits per heavy atom. The SMILES string of the molecule is CN1CC(n2cc(-c3ccc(Cl)c(NC(=O)c4coc(CN)n4)c3)cn2)C1. The first-order valence-corrected chi connectivity index (χ1v) is 8.89. The molecule has 0 unspecified atom stereocenters. The van der Waals surface area contributed by atoms with Crippen molar-refractivity contribution in [3.05, 3.63) is 53.5 Å². The maximum atomic E-state index is 12.4. The van der Waals surface area contributed by atoms with Crippen LogP contribution in [0.15, 0.2) is 41.3 Å². The summed E-state index contributed by atoms with van der Waals surface area (Å²) in [5.74, 6) is -0.111. The topological polar surface area (TPSA) is 102 Å². The second-order valence-electron chi connectivity index (χ2n) is 6.56. The Labute approximate surface area is 160 Å². The van der Waals surface area contributed by atoms with E-state index in [1.807, 2.05) is 29.2 Å². The summed E-state index contributed by atoms with van der Waals surface area (Å²) in [5, 5.41) is 7.65. The molecule has 0 bridgehead atoms. The highest BCUT2D eigenvalue weighted by molar-refractivity contribution is 6.34. The predicted octanol–water partition coefficient (Wildman–Crippen LogP) is 2.39. The summed E-state index contributed by atoms with van der Waals surface area (Å²) in [6, 6.07) is 5.86. The van der Waals surface area contributed by atoms with Crippen molar-refractivity contribution in [3.63, 3.8) is 0 Å². The molecular formula is C18H19ClN6O2. The fraction of sp³-hybridized carbons (Fsp3) is 0.278. The molecule has 0 radical (unpaired) electrons. The molecule has 1 amide bonds. The van der Waals surface area contributed by atoms with Gasteiger partial charge in [-0.2, -0.15) is 5.10 Å². The number of nitrogens with two attached hydrogens (primary N) is 1. The zero-order chi connectivity index (χ0) is 19.0. The number of likely N-dealkylation sites (N-methyl/N-ethyl adjacent to an activating group) is 1. The third-order valence-corrected chi connectivity index (χ3v) is 4.86. The molecule has 27 heavy (non-hydrogen) atoms. The van der Waals surface area contributed by atoms with Gasteiger partial charge in [-0.15, -0.1) is 0 Å². The highest BCUT2D eigenvalue weighted by Gasteiger charge is 2.25. The van der Waals surface area contributed by atoms with Crippen molar-refractivity contribution in [2.45, 2.75) is 12.6 Å². The number of oxazole rings is 1. The molecule has 1 aliphatic rings. The van der Waals surface area contributed by atoms with Crippen molar-refractivity contribution in [2.75, 3.05) is 25.5 Å². The number of anilines is 1. The fourth-order valence-electron chi connectivity index (χ4n) is 3.02. The van der Waals surface area contributed by atoms with E-state index in [2.05, 4.69) is 27.3 Å². The minimum absolute atomic E-state index is 0.129. The molecule has 140 valence electrons. The highest BCUT2D eigenvalue weighted by Crippen LogP contribution is 2.30. The van der Waals surface area contributed by atoms with E-state index in [1.165, 1.54) is 6.26 Å². The van der Waals surface area contributed by atoms with Crippen LogP contribution in [0.1, 0.15) is 22.4 Å². The van der Waals surface area contributed by atoms with Gasteiger partial charge in [-0.25, -0.2) is 4.98 Å². The summed E-state index contributed by atoms with van der Waals surface area (Å²) >= 11 is 6.25. The maximum Gasteiger partial charge on any atom is 0.277 e. The van der Waals surface area contributed by atoms with E-state index in [0.717, 1.165) is 24.2 Å². The van der Waals surface area contributed by atoms with Crippen LogP contribution in [-0.4, -0.2) is 45.7 Å². The van der Waals surface area contributed by atoms with Crippen LogP contribution in [0.25, 0.3) is 11.1 Å². The van der Waals surface area contributed by atoms with Crippen molar-refractivity contribution in [1.82, 2.24) is 19.7 Å². The third kappa shape index (κ3) is 3.59. The third-order valence-electron chi connectivity index (χ3n) is 4.53. The van der Waals surface area contributed by atoms with Gasteiger partial charge in [-0.3, -0.25) is 9.48 Å². The molecule has 1 fully saturated rings. The Morgan fingerprint density at radius 2 is 2.22 bits per heavy atom. The average Bonchev–Trinajstić information content (AvgIpc) is 3.30. The number of nitrogens with zero attached hydrogens (tertiary/aromatic N) is 4. The Morgan fingerprint density at radius 3 is 2.93 bits per heavy atom. The quantitative estimate of drug-likeness (QED) is 0.698. The van der Waals surface area contributed by atoms with Gasteiger partial charge in [0.1, 0.15) is 6.26 Å². The molecule has 0 saturated carbocycles. The first-order valence-electron chi connectivity index (χ1n) is 8.52. The number of aromatic nitrogens is 3. The Kier molecular flexibility index (Phi) is 4.69. The summed E-state index contributed by atoms with van der Waals surface area (Å²) < 4.78 is 7.08. The largest absolute Gasteiger partial charge is 0.447 e. The van der Waals surface area contributed by atoms with Crippen molar-refractivity contribution in [1.29, 1.82) is 0 Å². The Hall–Kier alpha value is -2.68. The standard InChI is InChI=1S/C18H19ClN6O2/c1-24-8-13(9-24)25-7-12(6-21-25)11-2-3-14(19)15(4-11)23-18(26)16-10-27-17(5-20)22-16/h2-4,6-7,10,13H,5,8-9,20H2,1H3,(H,23,26). The van der Waals surface area contributed by atoms with Crippen LogP contribution >= 0.6 is 11.6 Å². The van der Waals surface area contributed by atoms with Gasteiger partial charge in [-0.05, 0) is 24.7 Å². The second-order valence-corrected chi connectivity index (χ2v) is 6.97. The number of likely N-dealkylation sites (tertiary alicyclic amines) is 1. The van der Waals surface area contributed by atoms with E-state index in [1.54, 1.807) is 6.07 Å². The molecule has 1 saturated heterocycles. The van der Waals surface area contributed by atoms with Gasteiger partial charge in [0.2, 0.25) is 5.89 Å². The first-order chi connectivity index (χ1) is 13.0. The molecule has 2 aromatic heterocycles. The second kappa shape index (κ2) is 7.15. The molecule has 1 aliphatic heterocycles. The zero-order valence-corrected chi connectivity index (χ0v) is 15.5. The number of hydrogen-bond donors (Lipinski definition) is 2. The van der Waals surface area contributed by atoms with Gasteiger partial charge >= 0.3 is 0 Å². The van der Waals surface area contributed by atoms with Gasteiger partial charge in [0.15, 0.2) is 5.69 Å². The summed E-state index contributed by atoms with van der Waals surface area (Å²) in [6.45, 7) is 2.11. The van der Waals surface area contributed by atoms with Crippen LogP contribution in [0.4, 0.5) is 5.69 Å². The molecule has 0 aliphatic carbocycles. The summed E-state index contributed by atoms with van der Waals surface area (Å²) in [5.41, 5.74) is 7.97.